The van der Waals surface area contributed by atoms with Gasteiger partial charge in [-0.3, -0.25) is 0 Å². The van der Waals surface area contributed by atoms with Crippen molar-refractivity contribution in [2.24, 2.45) is 34.0 Å². The summed E-state index contributed by atoms with van der Waals surface area (Å²) in [7, 11) is -0.356. The summed E-state index contributed by atoms with van der Waals surface area (Å²) >= 11 is 0. The topological polar surface area (TPSA) is 52.6 Å². The Morgan fingerprint density at radius 2 is 1.57 bits per heavy atom. The van der Waals surface area contributed by atoms with Gasteiger partial charge in [0.25, 0.3) is 0 Å². The van der Waals surface area contributed by atoms with Gasteiger partial charge in [0.05, 0.1) is 24.9 Å². The molecule has 5 atom stereocenters. The summed E-state index contributed by atoms with van der Waals surface area (Å²) in [6.07, 6.45) is 7.27. The SMILES string of the molecule is COc1cc(OC)cc(S(=O)(=O)CC2C3(C)CC3CCC3C(C)(C)CCCC32C)c1. The highest BCUT2D eigenvalue weighted by Gasteiger charge is 2.65. The molecule has 3 saturated carbocycles. The van der Waals surface area contributed by atoms with E-state index in [2.05, 4.69) is 27.7 Å². The van der Waals surface area contributed by atoms with Crippen molar-refractivity contribution in [3.05, 3.63) is 18.2 Å². The molecule has 4 rings (SSSR count). The lowest BCUT2D eigenvalue weighted by Crippen LogP contribution is -2.49. The molecule has 0 N–H and O–H groups in total. The Balaban J connectivity index is 1.74. The van der Waals surface area contributed by atoms with Gasteiger partial charge in [-0.05, 0) is 78.2 Å². The van der Waals surface area contributed by atoms with E-state index < -0.39 is 9.84 Å². The average molecular weight is 435 g/mol. The number of ether oxygens (including phenoxy) is 2. The maximum atomic E-state index is 13.7. The van der Waals surface area contributed by atoms with Crippen LogP contribution < -0.4 is 9.47 Å². The largest absolute Gasteiger partial charge is 0.497 e. The minimum absolute atomic E-state index is 0.0672. The molecule has 0 amide bonds. The van der Waals surface area contributed by atoms with Crippen molar-refractivity contribution in [3.63, 3.8) is 0 Å². The molecular weight excluding hydrogens is 396 g/mol. The molecule has 30 heavy (non-hydrogen) atoms. The van der Waals surface area contributed by atoms with Gasteiger partial charge >= 0.3 is 0 Å². The van der Waals surface area contributed by atoms with Crippen LogP contribution in [0.5, 0.6) is 11.5 Å². The lowest BCUT2D eigenvalue weighted by atomic mass is 9.50. The molecule has 3 fully saturated rings. The monoisotopic (exact) mass is 434 g/mol. The van der Waals surface area contributed by atoms with E-state index in [1.165, 1.54) is 32.1 Å². The molecule has 4 nitrogen and oxygen atoms in total. The Labute approximate surface area is 182 Å². The highest BCUT2D eigenvalue weighted by Crippen LogP contribution is 2.72. The molecule has 0 spiro atoms. The molecule has 1 aromatic rings. The van der Waals surface area contributed by atoms with E-state index in [4.69, 9.17) is 9.47 Å². The van der Waals surface area contributed by atoms with Crippen molar-refractivity contribution in [2.75, 3.05) is 20.0 Å². The zero-order valence-electron chi connectivity index (χ0n) is 19.5. The quantitative estimate of drug-likeness (QED) is 0.592. The van der Waals surface area contributed by atoms with Gasteiger partial charge in [0.2, 0.25) is 0 Å². The van der Waals surface area contributed by atoms with Crippen LogP contribution >= 0.6 is 0 Å². The van der Waals surface area contributed by atoms with Gasteiger partial charge in [-0.2, -0.15) is 0 Å². The van der Waals surface area contributed by atoms with Crippen molar-refractivity contribution in [1.29, 1.82) is 0 Å². The molecule has 0 heterocycles. The van der Waals surface area contributed by atoms with Gasteiger partial charge in [0.1, 0.15) is 11.5 Å². The van der Waals surface area contributed by atoms with Gasteiger partial charge in [-0.25, -0.2) is 8.42 Å². The van der Waals surface area contributed by atoms with Crippen molar-refractivity contribution in [1.82, 2.24) is 0 Å². The molecule has 0 bridgehead atoms. The first-order chi connectivity index (χ1) is 14.0. The number of rotatable bonds is 5. The third-order valence-electron chi connectivity index (χ3n) is 9.20. The predicted molar refractivity (Wildman–Crippen MR) is 120 cm³/mol. The lowest BCUT2D eigenvalue weighted by Gasteiger charge is -2.55. The van der Waals surface area contributed by atoms with Crippen LogP contribution in [-0.4, -0.2) is 28.4 Å². The summed E-state index contributed by atoms with van der Waals surface area (Å²) < 4.78 is 38.1. The fourth-order valence-corrected chi connectivity index (χ4v) is 9.40. The van der Waals surface area contributed by atoms with Gasteiger partial charge in [0, 0.05) is 6.07 Å². The van der Waals surface area contributed by atoms with Crippen molar-refractivity contribution >= 4 is 9.84 Å². The summed E-state index contributed by atoms with van der Waals surface area (Å²) in [4.78, 5) is 0.318. The minimum Gasteiger partial charge on any atom is -0.497 e. The van der Waals surface area contributed by atoms with E-state index in [-0.39, 0.29) is 27.9 Å². The van der Waals surface area contributed by atoms with Crippen LogP contribution in [0.3, 0.4) is 0 Å². The van der Waals surface area contributed by atoms with E-state index in [0.29, 0.717) is 28.2 Å². The highest BCUT2D eigenvalue weighted by molar-refractivity contribution is 7.91. The van der Waals surface area contributed by atoms with Gasteiger partial charge in [-0.1, -0.05) is 34.1 Å². The average Bonchev–Trinajstić information content (AvgIpc) is 3.36. The standard InChI is InChI=1S/C25H38O4S/c1-23(2)10-7-11-24(3)21(23)9-8-17-15-25(17,4)22(24)16-30(26,27)20-13-18(28-5)12-19(14-20)29-6/h12-14,17,21-22H,7-11,15-16H2,1-6H3. The number of hydrogen-bond donors (Lipinski definition) is 0. The van der Waals surface area contributed by atoms with Crippen LogP contribution in [0, 0.1) is 34.0 Å². The van der Waals surface area contributed by atoms with Crippen LogP contribution in [0.4, 0.5) is 0 Å². The van der Waals surface area contributed by atoms with E-state index in [0.717, 1.165) is 6.42 Å². The summed E-state index contributed by atoms with van der Waals surface area (Å²) in [5.41, 5.74) is 0.492. The van der Waals surface area contributed by atoms with E-state index >= 15 is 0 Å². The second-order valence-electron chi connectivity index (χ2n) is 11.3. The second-order valence-corrected chi connectivity index (χ2v) is 13.3. The summed E-state index contributed by atoms with van der Waals surface area (Å²) in [6.45, 7) is 9.59. The normalized spacial score (nSPS) is 37.5. The van der Waals surface area contributed by atoms with E-state index in [9.17, 15) is 8.42 Å². The number of benzene rings is 1. The Kier molecular flexibility index (Phi) is 5.24. The molecule has 5 unspecified atom stereocenters. The zero-order valence-corrected chi connectivity index (χ0v) is 20.3. The van der Waals surface area contributed by atoms with Gasteiger partial charge < -0.3 is 9.47 Å². The van der Waals surface area contributed by atoms with Crippen molar-refractivity contribution in [2.45, 2.75) is 71.1 Å². The van der Waals surface area contributed by atoms with Crippen LogP contribution in [0.2, 0.25) is 0 Å². The van der Waals surface area contributed by atoms with E-state index in [1.807, 2.05) is 0 Å². The zero-order chi connectivity index (χ0) is 21.9. The Bertz CT molecular complexity index is 899. The highest BCUT2D eigenvalue weighted by atomic mass is 32.2. The summed E-state index contributed by atoms with van der Waals surface area (Å²) in [6, 6.07) is 5.02. The number of fused-ring (bicyclic) bond motifs is 2. The predicted octanol–water partition coefficient (Wildman–Crippen LogP) is 5.75. The maximum Gasteiger partial charge on any atom is 0.178 e. The molecule has 3 aliphatic carbocycles. The third kappa shape index (κ3) is 3.45. The number of sulfone groups is 1. The van der Waals surface area contributed by atoms with Crippen molar-refractivity contribution in [3.8, 4) is 11.5 Å². The molecule has 0 aromatic heterocycles. The molecule has 3 aliphatic rings. The van der Waals surface area contributed by atoms with Crippen LogP contribution in [0.15, 0.2) is 23.1 Å². The lowest BCUT2D eigenvalue weighted by molar-refractivity contribution is -0.0513. The van der Waals surface area contributed by atoms with Gasteiger partial charge in [0.15, 0.2) is 9.84 Å². The van der Waals surface area contributed by atoms with Gasteiger partial charge in [-0.15, -0.1) is 0 Å². The fourth-order valence-electron chi connectivity index (χ4n) is 7.41. The molecule has 168 valence electrons. The minimum atomic E-state index is -3.47. The van der Waals surface area contributed by atoms with Crippen LogP contribution in [0.1, 0.15) is 66.2 Å². The van der Waals surface area contributed by atoms with E-state index in [1.54, 1.807) is 32.4 Å². The molecule has 0 aliphatic heterocycles. The second kappa shape index (κ2) is 7.15. The Hall–Kier alpha value is -1.23. The molecule has 1 aromatic carbocycles. The Morgan fingerprint density at radius 1 is 0.933 bits per heavy atom. The molecule has 0 radical (unpaired) electrons. The first kappa shape index (κ1) is 22.0. The first-order valence-corrected chi connectivity index (χ1v) is 13.1. The fraction of sp³-hybridized carbons (Fsp3) is 0.760. The maximum absolute atomic E-state index is 13.7. The molecule has 5 heteroatoms. The summed E-state index contributed by atoms with van der Waals surface area (Å²) in [5.74, 6) is 2.71. The molecular formula is C25H38O4S. The number of methoxy groups -OCH3 is 2. The molecule has 0 saturated heterocycles. The first-order valence-electron chi connectivity index (χ1n) is 11.4. The van der Waals surface area contributed by atoms with Crippen LogP contribution in [0.25, 0.3) is 0 Å². The third-order valence-corrected chi connectivity index (χ3v) is 10.9. The Morgan fingerprint density at radius 3 is 2.17 bits per heavy atom. The summed E-state index contributed by atoms with van der Waals surface area (Å²) in [5, 5.41) is 0. The van der Waals surface area contributed by atoms with Crippen molar-refractivity contribution < 1.29 is 17.9 Å². The number of hydrogen-bond acceptors (Lipinski definition) is 4. The smallest absolute Gasteiger partial charge is 0.178 e. The van der Waals surface area contributed by atoms with Crippen LogP contribution in [-0.2, 0) is 9.84 Å².